The van der Waals surface area contributed by atoms with E-state index in [0.29, 0.717) is 12.3 Å². The fraction of sp³-hybridized carbons (Fsp3) is 0.263. The third-order valence-corrected chi connectivity index (χ3v) is 5.06. The molecule has 1 aliphatic heterocycles. The second-order valence-electron chi connectivity index (χ2n) is 6.00. The Bertz CT molecular complexity index is 734. The summed E-state index contributed by atoms with van der Waals surface area (Å²) in [6.45, 7) is 1.90. The summed E-state index contributed by atoms with van der Waals surface area (Å²) in [5.41, 5.74) is 0.794. The second-order valence-corrected chi connectivity index (χ2v) is 6.88. The van der Waals surface area contributed by atoms with Crippen molar-refractivity contribution in [3.63, 3.8) is 0 Å². The van der Waals surface area contributed by atoms with E-state index in [1.165, 1.54) is 0 Å². The van der Waals surface area contributed by atoms with E-state index in [1.807, 2.05) is 67.6 Å². The zero-order valence-electron chi connectivity index (χ0n) is 13.4. The van der Waals surface area contributed by atoms with Gasteiger partial charge in [-0.2, -0.15) is 0 Å². The molecule has 1 aliphatic rings. The average molecular weight is 434 g/mol. The van der Waals surface area contributed by atoms with Crippen LogP contribution in [-0.2, 0) is 9.53 Å². The number of ether oxygens (including phenoxy) is 1. The number of para-hydroxylation sites is 2. The maximum atomic E-state index is 12.9. The summed E-state index contributed by atoms with van der Waals surface area (Å²) in [6.07, 6.45) is 0.625. The number of rotatable bonds is 4. The fourth-order valence-corrected chi connectivity index (χ4v) is 3.20. The first-order valence-corrected chi connectivity index (χ1v) is 9.38. The number of anilines is 1. The minimum atomic E-state index is -0.776. The summed E-state index contributed by atoms with van der Waals surface area (Å²) < 4.78 is 6.79. The third kappa shape index (κ3) is 3.61. The molecule has 1 heterocycles. The van der Waals surface area contributed by atoms with Crippen molar-refractivity contribution in [1.29, 1.82) is 0 Å². The number of nitrogens with zero attached hydrogens (tertiary/aromatic N) is 1. The van der Waals surface area contributed by atoms with Gasteiger partial charge in [-0.05, 0) is 31.2 Å². The van der Waals surface area contributed by atoms with Gasteiger partial charge in [0, 0.05) is 16.5 Å². The van der Waals surface area contributed by atoms with Gasteiger partial charge in [0.2, 0.25) is 11.8 Å². The maximum Gasteiger partial charge on any atom is 0.239 e. The molecule has 2 atom stereocenters. The number of halogens is 1. The number of amides is 1. The molecule has 0 aliphatic carbocycles. The largest absolute Gasteiger partial charge is 0.476 e. The highest BCUT2D eigenvalue weighted by molar-refractivity contribution is 14.1. The van der Waals surface area contributed by atoms with Gasteiger partial charge in [-0.1, -0.05) is 59.0 Å². The Kier molecular flexibility index (Phi) is 5.18. The first kappa shape index (κ1) is 17.0. The lowest BCUT2D eigenvalue weighted by atomic mass is 9.85. The summed E-state index contributed by atoms with van der Waals surface area (Å²) in [4.78, 5) is 17.5. The lowest BCUT2D eigenvalue weighted by Crippen LogP contribution is -2.37. The first-order valence-electron chi connectivity index (χ1n) is 7.85. The van der Waals surface area contributed by atoms with Crippen LogP contribution < -0.4 is 5.32 Å². The van der Waals surface area contributed by atoms with E-state index in [0.717, 1.165) is 15.8 Å². The van der Waals surface area contributed by atoms with Crippen molar-refractivity contribution in [2.45, 2.75) is 19.4 Å². The van der Waals surface area contributed by atoms with Crippen LogP contribution in [0.15, 0.2) is 65.7 Å². The highest BCUT2D eigenvalue weighted by atomic mass is 127. The molecule has 1 amide bonds. The minimum absolute atomic E-state index is 0.000384. The van der Waals surface area contributed by atoms with Crippen LogP contribution in [-0.4, -0.2) is 22.3 Å². The Morgan fingerprint density at radius 2 is 1.83 bits per heavy atom. The van der Waals surface area contributed by atoms with Gasteiger partial charge in [0.15, 0.2) is 0 Å². The number of nitrogens with one attached hydrogen (secondary N) is 1. The van der Waals surface area contributed by atoms with Crippen LogP contribution in [0.1, 0.15) is 13.3 Å². The molecule has 1 saturated heterocycles. The van der Waals surface area contributed by atoms with Crippen molar-refractivity contribution in [1.82, 2.24) is 0 Å². The van der Waals surface area contributed by atoms with Gasteiger partial charge in [0.05, 0.1) is 5.69 Å². The molecular weight excluding hydrogens is 415 g/mol. The van der Waals surface area contributed by atoms with Crippen LogP contribution in [0.2, 0.25) is 0 Å². The highest BCUT2D eigenvalue weighted by Crippen LogP contribution is 2.38. The van der Waals surface area contributed by atoms with Crippen LogP contribution in [0.5, 0.6) is 0 Å². The molecule has 124 valence electrons. The Hall–Kier alpha value is -1.89. The first-order chi connectivity index (χ1) is 11.6. The van der Waals surface area contributed by atoms with E-state index in [9.17, 15) is 4.79 Å². The van der Waals surface area contributed by atoms with Gasteiger partial charge in [-0.3, -0.25) is 4.79 Å². The number of aliphatic imine (C=N–C) groups is 1. The normalized spacial score (nSPS) is 24.6. The van der Waals surface area contributed by atoms with Crippen LogP contribution >= 0.6 is 22.6 Å². The van der Waals surface area contributed by atoms with Crippen LogP contribution in [0.25, 0.3) is 0 Å². The molecule has 1 N–H and O–H groups in total. The molecular formula is C19H19IN2O2. The molecule has 2 aromatic carbocycles. The molecule has 0 bridgehead atoms. The fourth-order valence-electron chi connectivity index (χ4n) is 2.71. The molecule has 0 spiro atoms. The monoisotopic (exact) mass is 434 g/mol. The number of hydrogen-bond donors (Lipinski definition) is 1. The summed E-state index contributed by atoms with van der Waals surface area (Å²) in [6, 6.07) is 19.1. The SMILES string of the molecule is C[C@@]1(C(=O)Nc2ccccc2)C[C@@H](CI)OC1=Nc1ccccc1. The van der Waals surface area contributed by atoms with Crippen LogP contribution in [0, 0.1) is 5.41 Å². The van der Waals surface area contributed by atoms with E-state index < -0.39 is 5.41 Å². The number of alkyl halides is 1. The molecule has 0 saturated carbocycles. The number of hydrogen-bond acceptors (Lipinski definition) is 3. The second kappa shape index (κ2) is 7.34. The van der Waals surface area contributed by atoms with Crippen LogP contribution in [0.4, 0.5) is 11.4 Å². The predicted molar refractivity (Wildman–Crippen MR) is 105 cm³/mol. The zero-order chi connectivity index (χ0) is 17.0. The van der Waals surface area contributed by atoms with Crippen molar-refractivity contribution in [3.05, 3.63) is 60.7 Å². The summed E-state index contributed by atoms with van der Waals surface area (Å²) in [7, 11) is 0. The number of benzene rings is 2. The van der Waals surface area contributed by atoms with Gasteiger partial charge in [0.25, 0.3) is 0 Å². The minimum Gasteiger partial charge on any atom is -0.476 e. The summed E-state index contributed by atoms with van der Waals surface area (Å²) in [5.74, 6) is 0.402. The Labute approximate surface area is 155 Å². The Balaban J connectivity index is 1.89. The standard InChI is InChI=1S/C19H19IN2O2/c1-19(17(23)21-14-8-4-2-5-9-14)12-16(13-20)24-18(19)22-15-10-6-3-7-11-15/h2-11,16H,12-13H2,1H3,(H,21,23)/t16-,19-/m0/s1. The van der Waals surface area contributed by atoms with Crippen molar-refractivity contribution in [2.24, 2.45) is 10.4 Å². The molecule has 5 heteroatoms. The summed E-state index contributed by atoms with van der Waals surface area (Å²) >= 11 is 2.28. The van der Waals surface area contributed by atoms with Crippen LogP contribution in [0.3, 0.4) is 0 Å². The van der Waals surface area contributed by atoms with E-state index >= 15 is 0 Å². The van der Waals surface area contributed by atoms with Crippen molar-refractivity contribution >= 4 is 45.8 Å². The van der Waals surface area contributed by atoms with Gasteiger partial charge in [-0.15, -0.1) is 0 Å². The highest BCUT2D eigenvalue weighted by Gasteiger charge is 2.49. The van der Waals surface area contributed by atoms with Gasteiger partial charge in [0.1, 0.15) is 11.5 Å². The lowest BCUT2D eigenvalue weighted by Gasteiger charge is -2.21. The number of carbonyl (C=O) groups excluding carboxylic acids is 1. The Morgan fingerprint density at radius 3 is 2.46 bits per heavy atom. The van der Waals surface area contributed by atoms with E-state index in [2.05, 4.69) is 32.9 Å². The molecule has 4 nitrogen and oxygen atoms in total. The molecule has 0 unspecified atom stereocenters. The van der Waals surface area contributed by atoms with Crippen molar-refractivity contribution in [3.8, 4) is 0 Å². The van der Waals surface area contributed by atoms with E-state index in [4.69, 9.17) is 4.74 Å². The van der Waals surface area contributed by atoms with Gasteiger partial charge < -0.3 is 10.1 Å². The van der Waals surface area contributed by atoms with Gasteiger partial charge in [-0.25, -0.2) is 4.99 Å². The molecule has 0 aromatic heterocycles. The topological polar surface area (TPSA) is 50.7 Å². The average Bonchev–Trinajstić information content (AvgIpc) is 2.94. The molecule has 24 heavy (non-hydrogen) atoms. The third-order valence-electron chi connectivity index (χ3n) is 4.08. The molecule has 0 radical (unpaired) electrons. The maximum absolute atomic E-state index is 12.9. The summed E-state index contributed by atoms with van der Waals surface area (Å²) in [5, 5.41) is 2.98. The van der Waals surface area contributed by atoms with Crippen molar-refractivity contribution in [2.75, 3.05) is 9.74 Å². The number of carbonyl (C=O) groups is 1. The van der Waals surface area contributed by atoms with E-state index in [-0.39, 0.29) is 12.0 Å². The Morgan fingerprint density at radius 1 is 1.21 bits per heavy atom. The predicted octanol–water partition coefficient (Wildman–Crippen LogP) is 4.59. The quantitative estimate of drug-likeness (QED) is 0.566. The van der Waals surface area contributed by atoms with Gasteiger partial charge >= 0.3 is 0 Å². The molecule has 3 rings (SSSR count). The zero-order valence-corrected chi connectivity index (χ0v) is 15.6. The lowest BCUT2D eigenvalue weighted by molar-refractivity contribution is -0.121. The van der Waals surface area contributed by atoms with E-state index in [1.54, 1.807) is 0 Å². The molecule has 1 fully saturated rings. The smallest absolute Gasteiger partial charge is 0.239 e. The van der Waals surface area contributed by atoms with Crippen molar-refractivity contribution < 1.29 is 9.53 Å². The molecule has 2 aromatic rings.